The van der Waals surface area contributed by atoms with Crippen LogP contribution >= 0.6 is 0 Å². The lowest BCUT2D eigenvalue weighted by atomic mass is 9.60. The topological polar surface area (TPSA) is 173 Å². The highest BCUT2D eigenvalue weighted by Gasteiger charge is 2.99. The first-order chi connectivity index (χ1) is 11.2. The normalized spacial score (nSPS) is 49.7. The molecule has 0 spiro atoms. The molecule has 0 aromatic rings. The molecule has 0 bridgehead atoms. The number of nitrogens with zero attached hydrogens (tertiary/aromatic N) is 4. The summed E-state index contributed by atoms with van der Waals surface area (Å²) in [5, 5.41) is 46.8. The minimum Gasteiger partial charge on any atom is -0.258 e. The predicted octanol–water partition coefficient (Wildman–Crippen LogP) is 0.264. The molecule has 4 unspecified atom stereocenters. The van der Waals surface area contributed by atoms with E-state index in [0.717, 1.165) is 0 Å². The van der Waals surface area contributed by atoms with E-state index < -0.39 is 54.7 Å². The van der Waals surface area contributed by atoms with Gasteiger partial charge in [0.1, 0.15) is 23.7 Å². The molecule has 0 aromatic carbocycles. The second kappa shape index (κ2) is 3.49. The fourth-order valence-corrected chi connectivity index (χ4v) is 7.80. The zero-order valence-corrected chi connectivity index (χ0v) is 12.1. The zero-order chi connectivity index (χ0) is 17.3. The van der Waals surface area contributed by atoms with Gasteiger partial charge in [-0.25, -0.2) is 0 Å². The van der Waals surface area contributed by atoms with E-state index in [1.165, 1.54) is 0 Å². The largest absolute Gasteiger partial charge is 0.464 e. The van der Waals surface area contributed by atoms with Crippen LogP contribution in [0.2, 0.25) is 0 Å². The molecule has 12 heteroatoms. The summed E-state index contributed by atoms with van der Waals surface area (Å²) >= 11 is 0. The summed E-state index contributed by atoms with van der Waals surface area (Å²) < 4.78 is 0. The summed E-state index contributed by atoms with van der Waals surface area (Å²) in [7, 11) is 0. The Labute approximate surface area is 132 Å². The predicted molar refractivity (Wildman–Crippen MR) is 70.6 cm³/mol. The maximum Gasteiger partial charge on any atom is 0.464 e. The summed E-state index contributed by atoms with van der Waals surface area (Å²) in [5.74, 6) is -5.18. The third-order valence-electron chi connectivity index (χ3n) is 8.00. The Bertz CT molecular complexity index is 623. The average Bonchev–Trinajstić information content (AvgIpc) is 2.97. The van der Waals surface area contributed by atoms with Gasteiger partial charge in [0.25, 0.3) is 0 Å². The Morgan fingerprint density at radius 3 is 0.917 bits per heavy atom. The third kappa shape index (κ3) is 0.925. The summed E-state index contributed by atoms with van der Waals surface area (Å²) in [5.41, 5.74) is -4.66. The van der Waals surface area contributed by atoms with Crippen molar-refractivity contribution in [1.29, 1.82) is 0 Å². The molecule has 24 heavy (non-hydrogen) atoms. The van der Waals surface area contributed by atoms with Crippen LogP contribution in [0.4, 0.5) is 0 Å². The lowest BCUT2D eigenvalue weighted by Gasteiger charge is -2.41. The van der Waals surface area contributed by atoms with Crippen molar-refractivity contribution in [3.63, 3.8) is 0 Å². The van der Waals surface area contributed by atoms with E-state index in [1.54, 1.807) is 0 Å². The van der Waals surface area contributed by atoms with E-state index in [2.05, 4.69) is 0 Å². The lowest BCUT2D eigenvalue weighted by molar-refractivity contribution is -0.824. The second-order valence-corrected chi connectivity index (χ2v) is 7.80. The average molecular weight is 340 g/mol. The first kappa shape index (κ1) is 14.0. The standard InChI is InChI=1S/C12H12N4O8/c17-13(18)11(14(19)20)3-1-4-8-7(3)9-5(11)2-6(10(8)9)12(4,15(21)22)16(23)24/h3-10H,1-2H2. The van der Waals surface area contributed by atoms with Gasteiger partial charge in [-0.05, 0) is 36.5 Å². The fraction of sp³-hybridized carbons (Fsp3) is 1.00. The summed E-state index contributed by atoms with van der Waals surface area (Å²) in [6.07, 6.45) is -0.335. The Balaban J connectivity index is 1.74. The monoisotopic (exact) mass is 340 g/mol. The van der Waals surface area contributed by atoms with Gasteiger partial charge < -0.3 is 0 Å². The molecule has 0 radical (unpaired) electrons. The Morgan fingerprint density at radius 1 is 0.542 bits per heavy atom. The molecule has 5 aliphatic carbocycles. The van der Waals surface area contributed by atoms with Crippen molar-refractivity contribution < 1.29 is 19.7 Å². The van der Waals surface area contributed by atoms with E-state index in [1.807, 2.05) is 0 Å². The van der Waals surface area contributed by atoms with Gasteiger partial charge in [0, 0.05) is 0 Å². The van der Waals surface area contributed by atoms with Gasteiger partial charge in [-0.1, -0.05) is 0 Å². The van der Waals surface area contributed by atoms with Crippen LogP contribution in [0.5, 0.6) is 0 Å². The quantitative estimate of drug-likeness (QED) is 0.398. The molecule has 0 amide bonds. The first-order valence-electron chi connectivity index (χ1n) is 7.81. The minimum atomic E-state index is -2.33. The molecule has 5 aliphatic rings. The Morgan fingerprint density at radius 2 is 0.750 bits per heavy atom. The smallest absolute Gasteiger partial charge is 0.258 e. The maximum atomic E-state index is 11.7. The number of hydrogen-bond acceptors (Lipinski definition) is 8. The molecule has 0 aromatic heterocycles. The molecule has 5 rings (SSSR count). The molecule has 0 saturated heterocycles. The van der Waals surface area contributed by atoms with Crippen LogP contribution in [-0.4, -0.2) is 31.0 Å². The van der Waals surface area contributed by atoms with Gasteiger partial charge >= 0.3 is 11.3 Å². The molecule has 5 fully saturated rings. The molecule has 0 aliphatic heterocycles. The Hall–Kier alpha value is -2.40. The van der Waals surface area contributed by atoms with Crippen LogP contribution in [0.3, 0.4) is 0 Å². The van der Waals surface area contributed by atoms with E-state index in [0.29, 0.717) is 0 Å². The van der Waals surface area contributed by atoms with Crippen LogP contribution < -0.4 is 0 Å². The van der Waals surface area contributed by atoms with Crippen LogP contribution in [0, 0.1) is 87.8 Å². The van der Waals surface area contributed by atoms with Crippen molar-refractivity contribution in [2.75, 3.05) is 0 Å². The van der Waals surface area contributed by atoms with Crippen LogP contribution in [-0.2, 0) is 0 Å². The van der Waals surface area contributed by atoms with Crippen molar-refractivity contribution in [3.05, 3.63) is 40.5 Å². The van der Waals surface area contributed by atoms with Crippen LogP contribution in [0.25, 0.3) is 0 Å². The molecule has 0 N–H and O–H groups in total. The van der Waals surface area contributed by atoms with E-state index in [4.69, 9.17) is 0 Å². The third-order valence-corrected chi connectivity index (χ3v) is 8.00. The van der Waals surface area contributed by atoms with Crippen LogP contribution in [0.1, 0.15) is 12.8 Å². The van der Waals surface area contributed by atoms with Gasteiger partial charge in [-0.3, -0.25) is 40.5 Å². The molecule has 0 heterocycles. The van der Waals surface area contributed by atoms with Crippen molar-refractivity contribution >= 4 is 0 Å². The molecule has 4 atom stereocenters. The summed E-state index contributed by atoms with van der Waals surface area (Å²) in [4.78, 5) is 43.5. The molecule has 12 nitrogen and oxygen atoms in total. The minimum absolute atomic E-state index is 0.167. The van der Waals surface area contributed by atoms with Crippen molar-refractivity contribution in [1.82, 2.24) is 0 Å². The summed E-state index contributed by atoms with van der Waals surface area (Å²) in [6.45, 7) is 0. The van der Waals surface area contributed by atoms with Crippen LogP contribution in [0.15, 0.2) is 0 Å². The van der Waals surface area contributed by atoms with Gasteiger partial charge in [-0.15, -0.1) is 0 Å². The molecule has 128 valence electrons. The fourth-order valence-electron chi connectivity index (χ4n) is 7.80. The molecular formula is C12H12N4O8. The Kier molecular flexibility index (Phi) is 2.04. The van der Waals surface area contributed by atoms with Crippen molar-refractivity contribution in [2.45, 2.75) is 24.2 Å². The zero-order valence-electron chi connectivity index (χ0n) is 12.1. The van der Waals surface area contributed by atoms with Crippen molar-refractivity contribution in [2.24, 2.45) is 47.3 Å². The maximum absolute atomic E-state index is 11.7. The van der Waals surface area contributed by atoms with Gasteiger partial charge in [0.2, 0.25) is 0 Å². The van der Waals surface area contributed by atoms with E-state index in [-0.39, 0.29) is 36.5 Å². The number of hydrogen-bond donors (Lipinski definition) is 0. The number of rotatable bonds is 4. The van der Waals surface area contributed by atoms with Gasteiger partial charge in [0.15, 0.2) is 0 Å². The highest BCUT2D eigenvalue weighted by molar-refractivity contribution is 5.30. The number of nitro groups is 4. The highest BCUT2D eigenvalue weighted by atomic mass is 16.7. The SMILES string of the molecule is O=[N+]([O-])C1([N+](=O)[O-])C2CC3C4C2C2C4C(CC21)C3([N+](=O)[O-])[N+](=O)[O-]. The lowest BCUT2D eigenvalue weighted by Crippen LogP contribution is -2.60. The van der Waals surface area contributed by atoms with Crippen molar-refractivity contribution in [3.8, 4) is 0 Å². The molecule has 5 saturated carbocycles. The van der Waals surface area contributed by atoms with E-state index in [9.17, 15) is 40.5 Å². The summed E-state index contributed by atoms with van der Waals surface area (Å²) in [6, 6.07) is 0. The molecular weight excluding hydrogens is 328 g/mol. The first-order valence-corrected chi connectivity index (χ1v) is 7.81. The van der Waals surface area contributed by atoms with Gasteiger partial charge in [-0.2, -0.15) is 0 Å². The van der Waals surface area contributed by atoms with Gasteiger partial charge in [0.05, 0.1) is 19.7 Å². The second-order valence-electron chi connectivity index (χ2n) is 7.80. The van der Waals surface area contributed by atoms with E-state index >= 15 is 0 Å². The highest BCUT2D eigenvalue weighted by Crippen LogP contribution is 2.84.